The molecule has 92 valence electrons. The third-order valence-electron chi connectivity index (χ3n) is 2.52. The summed E-state index contributed by atoms with van der Waals surface area (Å²) in [5.74, 6) is -0.391. The van der Waals surface area contributed by atoms with Gasteiger partial charge in [0, 0.05) is 5.56 Å². The van der Waals surface area contributed by atoms with Crippen LogP contribution in [0.25, 0.3) is 0 Å². The van der Waals surface area contributed by atoms with Gasteiger partial charge in [-0.2, -0.15) is 5.10 Å². The maximum absolute atomic E-state index is 13.5. The van der Waals surface area contributed by atoms with E-state index in [1.54, 1.807) is 12.1 Å². The average Bonchev–Trinajstić information content (AvgIpc) is 2.35. The predicted molar refractivity (Wildman–Crippen MR) is 73.8 cm³/mol. The van der Waals surface area contributed by atoms with E-state index in [-0.39, 0.29) is 5.56 Å². The Morgan fingerprint density at radius 1 is 1.17 bits per heavy atom. The first-order chi connectivity index (χ1) is 8.68. The summed E-state index contributed by atoms with van der Waals surface area (Å²) in [4.78, 5) is 0. The van der Waals surface area contributed by atoms with Gasteiger partial charge in [0.25, 0.3) is 0 Å². The fourth-order valence-electron chi connectivity index (χ4n) is 1.50. The van der Waals surface area contributed by atoms with E-state index in [9.17, 15) is 4.39 Å². The number of halogens is 2. The summed E-state index contributed by atoms with van der Waals surface area (Å²) in [6.07, 6.45) is 1.38. The molecule has 0 saturated carbocycles. The first kappa shape index (κ1) is 12.6. The molecule has 0 atom stereocenters. The fraction of sp³-hybridized carbons (Fsp3) is 0.0714. The van der Waals surface area contributed by atoms with E-state index in [2.05, 4.69) is 10.5 Å². The Kier molecular flexibility index (Phi) is 3.95. The number of nitrogens with zero attached hydrogens (tertiary/aromatic N) is 1. The Hall–Kier alpha value is -1.87. The lowest BCUT2D eigenvalue weighted by atomic mass is 10.2. The highest BCUT2D eigenvalue weighted by Gasteiger charge is 2.03. The van der Waals surface area contributed by atoms with Crippen molar-refractivity contribution in [2.75, 3.05) is 5.43 Å². The number of hydrogen-bond donors (Lipinski definition) is 1. The fourth-order valence-corrected chi connectivity index (χ4v) is 1.71. The monoisotopic (exact) mass is 262 g/mol. The maximum Gasteiger partial charge on any atom is 0.133 e. The van der Waals surface area contributed by atoms with Crippen LogP contribution in [-0.2, 0) is 0 Å². The van der Waals surface area contributed by atoms with E-state index in [1.165, 1.54) is 12.3 Å². The molecule has 18 heavy (non-hydrogen) atoms. The van der Waals surface area contributed by atoms with Crippen LogP contribution in [0.4, 0.5) is 10.1 Å². The molecule has 0 aromatic heterocycles. The third-order valence-corrected chi connectivity index (χ3v) is 2.85. The SMILES string of the molecule is Cc1ccccc1N/N=C\c1c(F)cccc1Cl. The van der Waals surface area contributed by atoms with Crippen LogP contribution in [0.15, 0.2) is 47.6 Å². The lowest BCUT2D eigenvalue weighted by molar-refractivity contribution is 0.626. The molecule has 0 unspecified atom stereocenters. The summed E-state index contributed by atoms with van der Waals surface area (Å²) in [6.45, 7) is 1.97. The second-order valence-electron chi connectivity index (χ2n) is 3.82. The van der Waals surface area contributed by atoms with Crippen molar-refractivity contribution in [3.63, 3.8) is 0 Å². The molecule has 1 N–H and O–H groups in total. The van der Waals surface area contributed by atoms with Crippen LogP contribution in [-0.4, -0.2) is 6.21 Å². The molecular formula is C14H12ClFN2. The Labute approximate surface area is 110 Å². The van der Waals surface area contributed by atoms with Gasteiger partial charge in [0.1, 0.15) is 5.82 Å². The highest BCUT2D eigenvalue weighted by Crippen LogP contribution is 2.17. The lowest BCUT2D eigenvalue weighted by Gasteiger charge is -2.04. The quantitative estimate of drug-likeness (QED) is 0.650. The number of hydrogen-bond acceptors (Lipinski definition) is 2. The van der Waals surface area contributed by atoms with Crippen LogP contribution < -0.4 is 5.43 Å². The average molecular weight is 263 g/mol. The van der Waals surface area contributed by atoms with Crippen molar-refractivity contribution in [1.29, 1.82) is 0 Å². The van der Waals surface area contributed by atoms with Crippen LogP contribution in [0.2, 0.25) is 5.02 Å². The number of rotatable bonds is 3. The van der Waals surface area contributed by atoms with E-state index in [0.29, 0.717) is 5.02 Å². The number of benzene rings is 2. The van der Waals surface area contributed by atoms with Gasteiger partial charge < -0.3 is 0 Å². The van der Waals surface area contributed by atoms with Gasteiger partial charge >= 0.3 is 0 Å². The summed E-state index contributed by atoms with van der Waals surface area (Å²) >= 11 is 5.88. The molecule has 0 saturated heterocycles. The third kappa shape index (κ3) is 2.87. The topological polar surface area (TPSA) is 24.4 Å². The van der Waals surface area contributed by atoms with E-state index >= 15 is 0 Å². The molecule has 0 amide bonds. The van der Waals surface area contributed by atoms with Gasteiger partial charge in [-0.3, -0.25) is 5.43 Å². The van der Waals surface area contributed by atoms with Crippen molar-refractivity contribution in [1.82, 2.24) is 0 Å². The van der Waals surface area contributed by atoms with Crippen molar-refractivity contribution in [3.8, 4) is 0 Å². The van der Waals surface area contributed by atoms with Crippen molar-refractivity contribution in [2.45, 2.75) is 6.92 Å². The molecule has 0 bridgehead atoms. The normalized spacial score (nSPS) is 10.8. The summed E-state index contributed by atoms with van der Waals surface area (Å²) in [6, 6.07) is 12.2. The molecule has 0 aliphatic rings. The van der Waals surface area contributed by atoms with Crippen molar-refractivity contribution >= 4 is 23.5 Å². The number of nitrogens with one attached hydrogen (secondary N) is 1. The van der Waals surface area contributed by atoms with E-state index in [1.807, 2.05) is 31.2 Å². The first-order valence-corrected chi connectivity index (χ1v) is 5.85. The Morgan fingerprint density at radius 3 is 2.67 bits per heavy atom. The highest BCUT2D eigenvalue weighted by atomic mass is 35.5. The zero-order valence-electron chi connectivity index (χ0n) is 9.82. The molecule has 0 aliphatic heterocycles. The standard InChI is InChI=1S/C14H12ClFN2/c1-10-5-2-3-8-14(10)18-17-9-11-12(15)6-4-7-13(11)16/h2-9,18H,1H3/b17-9-. The Morgan fingerprint density at radius 2 is 1.94 bits per heavy atom. The molecular weight excluding hydrogens is 251 g/mol. The molecule has 0 spiro atoms. The summed E-state index contributed by atoms with van der Waals surface area (Å²) in [5, 5.41) is 4.33. The van der Waals surface area contributed by atoms with Gasteiger partial charge in [-0.15, -0.1) is 0 Å². The van der Waals surface area contributed by atoms with Crippen LogP contribution in [0.5, 0.6) is 0 Å². The van der Waals surface area contributed by atoms with Gasteiger partial charge in [0.15, 0.2) is 0 Å². The first-order valence-electron chi connectivity index (χ1n) is 5.47. The lowest BCUT2D eigenvalue weighted by Crippen LogP contribution is -1.95. The van der Waals surface area contributed by atoms with Gasteiger partial charge in [0.05, 0.1) is 16.9 Å². The van der Waals surface area contributed by atoms with Crippen LogP contribution in [0.1, 0.15) is 11.1 Å². The minimum absolute atomic E-state index is 0.278. The van der Waals surface area contributed by atoms with Crippen LogP contribution >= 0.6 is 11.6 Å². The molecule has 2 rings (SSSR count). The molecule has 0 radical (unpaired) electrons. The van der Waals surface area contributed by atoms with E-state index in [0.717, 1.165) is 11.3 Å². The molecule has 0 aliphatic carbocycles. The van der Waals surface area contributed by atoms with Crippen LogP contribution in [0.3, 0.4) is 0 Å². The molecule has 2 aromatic carbocycles. The number of aryl methyl sites for hydroxylation is 1. The van der Waals surface area contributed by atoms with Crippen molar-refractivity contribution in [2.24, 2.45) is 5.10 Å². The van der Waals surface area contributed by atoms with Crippen molar-refractivity contribution < 1.29 is 4.39 Å². The van der Waals surface area contributed by atoms with Gasteiger partial charge in [-0.05, 0) is 30.7 Å². The number of anilines is 1. The van der Waals surface area contributed by atoms with E-state index < -0.39 is 5.82 Å². The maximum atomic E-state index is 13.5. The predicted octanol–water partition coefficient (Wildman–Crippen LogP) is 4.23. The second-order valence-corrected chi connectivity index (χ2v) is 4.23. The molecule has 0 heterocycles. The molecule has 0 fully saturated rings. The molecule has 2 nitrogen and oxygen atoms in total. The second kappa shape index (κ2) is 5.65. The summed E-state index contributed by atoms with van der Waals surface area (Å²) in [7, 11) is 0. The number of hydrazone groups is 1. The van der Waals surface area contributed by atoms with Crippen LogP contribution in [0, 0.1) is 12.7 Å². The summed E-state index contributed by atoms with van der Waals surface area (Å²) in [5.41, 5.74) is 5.08. The minimum atomic E-state index is -0.391. The Bertz CT molecular complexity index is 562. The Balaban J connectivity index is 2.15. The van der Waals surface area contributed by atoms with Gasteiger partial charge in [-0.1, -0.05) is 35.9 Å². The van der Waals surface area contributed by atoms with Gasteiger partial charge in [0.2, 0.25) is 0 Å². The molecule has 4 heteroatoms. The minimum Gasteiger partial charge on any atom is -0.278 e. The number of para-hydroxylation sites is 1. The molecule has 2 aromatic rings. The highest BCUT2D eigenvalue weighted by molar-refractivity contribution is 6.33. The smallest absolute Gasteiger partial charge is 0.133 e. The zero-order chi connectivity index (χ0) is 13.0. The van der Waals surface area contributed by atoms with Crippen molar-refractivity contribution in [3.05, 3.63) is 64.4 Å². The van der Waals surface area contributed by atoms with E-state index in [4.69, 9.17) is 11.6 Å². The summed E-state index contributed by atoms with van der Waals surface area (Å²) < 4.78 is 13.5. The largest absolute Gasteiger partial charge is 0.278 e. The zero-order valence-corrected chi connectivity index (χ0v) is 10.6. The van der Waals surface area contributed by atoms with Gasteiger partial charge in [-0.25, -0.2) is 4.39 Å².